The number of rotatable bonds is 4. The molecule has 0 fully saturated rings. The second kappa shape index (κ2) is 6.92. The summed E-state index contributed by atoms with van der Waals surface area (Å²) >= 11 is 6.43. The number of hydrogen-bond donors (Lipinski definition) is 0. The van der Waals surface area contributed by atoms with Gasteiger partial charge in [-0.2, -0.15) is 0 Å². The van der Waals surface area contributed by atoms with Gasteiger partial charge in [-0.05, 0) is 6.42 Å². The Morgan fingerprint density at radius 2 is 2.00 bits per heavy atom. The topological polar surface area (TPSA) is 9.23 Å². The van der Waals surface area contributed by atoms with Gasteiger partial charge in [0.1, 0.15) is 5.52 Å². The molecule has 0 rings (SSSR count). The third-order valence-corrected chi connectivity index (χ3v) is 1.38. The molecule has 0 spiro atoms. The molecule has 0 aliphatic heterocycles. The lowest BCUT2D eigenvalue weighted by molar-refractivity contribution is 0.188. The Morgan fingerprint density at radius 1 is 1.29 bits per heavy atom. The van der Waals surface area contributed by atoms with Crippen molar-refractivity contribution >= 4 is 31.9 Å². The molecule has 0 atom stereocenters. The van der Waals surface area contributed by atoms with Crippen LogP contribution in [-0.4, -0.2) is 17.5 Å². The highest BCUT2D eigenvalue weighted by Gasteiger charge is 1.80. The summed E-state index contributed by atoms with van der Waals surface area (Å²) in [6.07, 6.45) is 1.09. The van der Waals surface area contributed by atoms with E-state index in [1.807, 2.05) is 0 Å². The van der Waals surface area contributed by atoms with Crippen LogP contribution in [0.4, 0.5) is 0 Å². The first-order chi connectivity index (χ1) is 3.41. The third kappa shape index (κ3) is 6.92. The van der Waals surface area contributed by atoms with E-state index in [9.17, 15) is 0 Å². The summed E-state index contributed by atoms with van der Waals surface area (Å²) in [5.41, 5.74) is 0.653. The van der Waals surface area contributed by atoms with Crippen molar-refractivity contribution in [3.63, 3.8) is 0 Å². The van der Waals surface area contributed by atoms with Crippen LogP contribution in [0.3, 0.4) is 0 Å². The molecule has 7 heavy (non-hydrogen) atoms. The van der Waals surface area contributed by atoms with E-state index in [1.165, 1.54) is 0 Å². The molecule has 44 valence electrons. The molecule has 0 aliphatic carbocycles. The van der Waals surface area contributed by atoms with Gasteiger partial charge in [0, 0.05) is 11.9 Å². The zero-order valence-electron chi connectivity index (χ0n) is 3.99. The standard InChI is InChI=1S/C4H8Br2O/c5-2-1-3-7-4-6/h1-4H2. The SMILES string of the molecule is BrCCCOCBr. The molecule has 0 aromatic rings. The number of ether oxygens (including phenoxy) is 1. The monoisotopic (exact) mass is 230 g/mol. The lowest BCUT2D eigenvalue weighted by atomic mass is 10.5. The van der Waals surface area contributed by atoms with E-state index >= 15 is 0 Å². The van der Waals surface area contributed by atoms with E-state index in [0.29, 0.717) is 5.52 Å². The average Bonchev–Trinajstić information content (AvgIpc) is 1.69. The quantitative estimate of drug-likeness (QED) is 0.532. The number of hydrogen-bond acceptors (Lipinski definition) is 1. The molecule has 0 radical (unpaired) electrons. The van der Waals surface area contributed by atoms with Gasteiger partial charge < -0.3 is 4.74 Å². The minimum atomic E-state index is 0.653. The van der Waals surface area contributed by atoms with Crippen molar-refractivity contribution in [2.45, 2.75) is 6.42 Å². The van der Waals surface area contributed by atoms with Crippen LogP contribution in [0.1, 0.15) is 6.42 Å². The molecule has 3 heteroatoms. The van der Waals surface area contributed by atoms with Gasteiger partial charge in [-0.15, -0.1) is 0 Å². The largest absolute Gasteiger partial charge is 0.370 e. The molecular formula is C4H8Br2O. The Hall–Kier alpha value is 0.920. The van der Waals surface area contributed by atoms with Crippen LogP contribution in [0.25, 0.3) is 0 Å². The highest BCUT2D eigenvalue weighted by Crippen LogP contribution is 1.89. The highest BCUT2D eigenvalue weighted by atomic mass is 79.9. The third-order valence-electron chi connectivity index (χ3n) is 0.499. The van der Waals surface area contributed by atoms with Crippen LogP contribution in [0.2, 0.25) is 0 Å². The maximum Gasteiger partial charge on any atom is 0.101 e. The summed E-state index contributed by atoms with van der Waals surface area (Å²) in [4.78, 5) is 0. The Kier molecular flexibility index (Phi) is 7.83. The van der Waals surface area contributed by atoms with E-state index in [2.05, 4.69) is 31.9 Å². The highest BCUT2D eigenvalue weighted by molar-refractivity contribution is 9.09. The zero-order valence-corrected chi connectivity index (χ0v) is 7.16. The Labute approximate surface area is 60.7 Å². The normalized spacial score (nSPS) is 9.43. The molecule has 0 heterocycles. The average molecular weight is 232 g/mol. The number of alkyl halides is 2. The predicted octanol–water partition coefficient (Wildman–Crippen LogP) is 2.14. The van der Waals surface area contributed by atoms with Crippen molar-refractivity contribution in [3.8, 4) is 0 Å². The summed E-state index contributed by atoms with van der Waals surface area (Å²) in [6, 6.07) is 0. The summed E-state index contributed by atoms with van der Waals surface area (Å²) in [7, 11) is 0. The van der Waals surface area contributed by atoms with Crippen molar-refractivity contribution < 1.29 is 4.74 Å². The molecule has 0 saturated heterocycles. The first-order valence-electron chi connectivity index (χ1n) is 2.11. The van der Waals surface area contributed by atoms with Crippen molar-refractivity contribution in [1.29, 1.82) is 0 Å². The zero-order chi connectivity index (χ0) is 5.54. The van der Waals surface area contributed by atoms with Crippen LogP contribution >= 0.6 is 31.9 Å². The smallest absolute Gasteiger partial charge is 0.101 e. The van der Waals surface area contributed by atoms with Crippen molar-refractivity contribution in [1.82, 2.24) is 0 Å². The van der Waals surface area contributed by atoms with Gasteiger partial charge in [-0.25, -0.2) is 0 Å². The molecule has 0 N–H and O–H groups in total. The summed E-state index contributed by atoms with van der Waals surface area (Å²) in [5, 5.41) is 1.03. The fraction of sp³-hybridized carbons (Fsp3) is 1.00. The maximum absolute atomic E-state index is 4.96. The summed E-state index contributed by atoms with van der Waals surface area (Å²) < 4.78 is 4.96. The fourth-order valence-corrected chi connectivity index (χ4v) is 0.669. The van der Waals surface area contributed by atoms with Gasteiger partial charge in [0.2, 0.25) is 0 Å². The van der Waals surface area contributed by atoms with Crippen LogP contribution in [0, 0.1) is 0 Å². The van der Waals surface area contributed by atoms with Crippen LogP contribution < -0.4 is 0 Å². The second-order valence-electron chi connectivity index (χ2n) is 1.06. The van der Waals surface area contributed by atoms with Gasteiger partial charge in [-0.3, -0.25) is 0 Å². The molecule has 1 nitrogen and oxygen atoms in total. The molecular weight excluding hydrogens is 224 g/mol. The fourth-order valence-electron chi connectivity index (χ4n) is 0.211. The van der Waals surface area contributed by atoms with Crippen LogP contribution in [0.15, 0.2) is 0 Å². The first kappa shape index (κ1) is 7.92. The minimum Gasteiger partial charge on any atom is -0.370 e. The van der Waals surface area contributed by atoms with Gasteiger partial charge in [0.15, 0.2) is 0 Å². The molecule has 0 aromatic heterocycles. The van der Waals surface area contributed by atoms with Crippen molar-refractivity contribution in [3.05, 3.63) is 0 Å². The van der Waals surface area contributed by atoms with E-state index in [4.69, 9.17) is 4.74 Å². The van der Waals surface area contributed by atoms with E-state index in [-0.39, 0.29) is 0 Å². The van der Waals surface area contributed by atoms with E-state index in [1.54, 1.807) is 0 Å². The van der Waals surface area contributed by atoms with Crippen LogP contribution in [-0.2, 0) is 4.74 Å². The Balaban J connectivity index is 2.45. The molecule has 0 unspecified atom stereocenters. The van der Waals surface area contributed by atoms with E-state index < -0.39 is 0 Å². The van der Waals surface area contributed by atoms with Gasteiger partial charge in [-0.1, -0.05) is 31.9 Å². The maximum atomic E-state index is 4.96. The van der Waals surface area contributed by atoms with Gasteiger partial charge in [0.25, 0.3) is 0 Å². The molecule has 0 aromatic carbocycles. The Bertz CT molecular complexity index is 28.9. The molecule has 0 bridgehead atoms. The first-order valence-corrected chi connectivity index (χ1v) is 4.35. The molecule has 0 saturated carbocycles. The van der Waals surface area contributed by atoms with E-state index in [0.717, 1.165) is 18.4 Å². The number of halogens is 2. The Morgan fingerprint density at radius 3 is 2.43 bits per heavy atom. The van der Waals surface area contributed by atoms with Crippen molar-refractivity contribution in [2.75, 3.05) is 17.5 Å². The van der Waals surface area contributed by atoms with Gasteiger partial charge >= 0.3 is 0 Å². The van der Waals surface area contributed by atoms with Crippen molar-refractivity contribution in [2.24, 2.45) is 0 Å². The molecule has 0 aliphatic rings. The predicted molar refractivity (Wildman–Crippen MR) is 38.2 cm³/mol. The lowest BCUT2D eigenvalue weighted by Crippen LogP contribution is -1.90. The molecule has 0 amide bonds. The minimum absolute atomic E-state index is 0.653. The summed E-state index contributed by atoms with van der Waals surface area (Å²) in [6.45, 7) is 0.844. The second-order valence-corrected chi connectivity index (χ2v) is 2.31. The summed E-state index contributed by atoms with van der Waals surface area (Å²) in [5.74, 6) is 0. The van der Waals surface area contributed by atoms with Gasteiger partial charge in [0.05, 0.1) is 0 Å². The lowest BCUT2D eigenvalue weighted by Gasteiger charge is -1.92. The van der Waals surface area contributed by atoms with Crippen LogP contribution in [0.5, 0.6) is 0 Å².